The highest BCUT2D eigenvalue weighted by molar-refractivity contribution is 5.76. The van der Waals surface area contributed by atoms with Crippen molar-refractivity contribution in [2.24, 2.45) is 5.92 Å². The smallest absolute Gasteiger partial charge is 0.222 e. The molecule has 1 aliphatic heterocycles. The van der Waals surface area contributed by atoms with Crippen molar-refractivity contribution >= 4 is 5.91 Å². The number of nitrogens with zero attached hydrogens (tertiary/aromatic N) is 2. The number of carbonyl (C=O) groups is 1. The summed E-state index contributed by atoms with van der Waals surface area (Å²) in [6.07, 6.45) is 4.31. The van der Waals surface area contributed by atoms with Crippen molar-refractivity contribution in [2.45, 2.75) is 39.5 Å². The van der Waals surface area contributed by atoms with E-state index in [-0.39, 0.29) is 0 Å². The molecule has 0 radical (unpaired) electrons. The zero-order chi connectivity index (χ0) is 14.1. The molecule has 19 heavy (non-hydrogen) atoms. The lowest BCUT2D eigenvalue weighted by molar-refractivity contribution is -0.131. The monoisotopic (exact) mass is 269 g/mol. The Bertz CT molecular complexity index is 246. The second kappa shape index (κ2) is 9.32. The summed E-state index contributed by atoms with van der Waals surface area (Å²) in [6, 6.07) is 0. The summed E-state index contributed by atoms with van der Waals surface area (Å²) in [4.78, 5) is 16.3. The van der Waals surface area contributed by atoms with Gasteiger partial charge < -0.3 is 15.1 Å². The molecule has 1 fully saturated rings. The van der Waals surface area contributed by atoms with Crippen LogP contribution in [-0.4, -0.2) is 62.0 Å². The van der Waals surface area contributed by atoms with Crippen LogP contribution in [0.25, 0.3) is 0 Å². The number of hydrogen-bond donors (Lipinski definition) is 1. The topological polar surface area (TPSA) is 35.6 Å². The van der Waals surface area contributed by atoms with E-state index in [0.717, 1.165) is 38.5 Å². The van der Waals surface area contributed by atoms with Gasteiger partial charge in [-0.1, -0.05) is 0 Å². The molecule has 0 aromatic heterocycles. The minimum atomic E-state index is 0.315. The maximum absolute atomic E-state index is 11.9. The van der Waals surface area contributed by atoms with Gasteiger partial charge in [0.1, 0.15) is 0 Å². The van der Waals surface area contributed by atoms with Crippen LogP contribution >= 0.6 is 0 Å². The van der Waals surface area contributed by atoms with Gasteiger partial charge in [-0.2, -0.15) is 0 Å². The average molecular weight is 269 g/mol. The van der Waals surface area contributed by atoms with Gasteiger partial charge in [0.25, 0.3) is 0 Å². The lowest BCUT2D eigenvalue weighted by atomic mass is 9.97. The Balaban J connectivity index is 2.12. The van der Waals surface area contributed by atoms with Crippen molar-refractivity contribution in [1.82, 2.24) is 15.1 Å². The molecule has 0 aliphatic carbocycles. The number of nitrogens with one attached hydrogen (secondary N) is 1. The Kier molecular flexibility index (Phi) is 8.07. The fourth-order valence-corrected chi connectivity index (χ4v) is 2.89. The number of amides is 1. The third kappa shape index (κ3) is 5.91. The predicted octanol–water partition coefficient (Wildman–Crippen LogP) is 1.57. The molecular formula is C15H31N3O. The van der Waals surface area contributed by atoms with E-state index in [2.05, 4.69) is 10.2 Å². The van der Waals surface area contributed by atoms with Gasteiger partial charge in [0, 0.05) is 19.5 Å². The third-order valence-corrected chi connectivity index (χ3v) is 4.18. The van der Waals surface area contributed by atoms with Crippen LogP contribution in [-0.2, 0) is 4.79 Å². The molecule has 0 saturated carbocycles. The van der Waals surface area contributed by atoms with Gasteiger partial charge in [-0.3, -0.25) is 4.79 Å². The van der Waals surface area contributed by atoms with Gasteiger partial charge in [0.2, 0.25) is 5.91 Å². The standard InChI is InChI=1S/C15H31N3O/c1-4-18(5-2)15(19)7-6-10-17-11-8-14(9-12-17)13-16-3/h14,16H,4-13H2,1-3H3. The van der Waals surface area contributed by atoms with E-state index >= 15 is 0 Å². The molecule has 112 valence electrons. The summed E-state index contributed by atoms with van der Waals surface area (Å²) in [5, 5.41) is 3.27. The zero-order valence-electron chi connectivity index (χ0n) is 13.0. The Labute approximate surface area is 118 Å². The molecular weight excluding hydrogens is 238 g/mol. The van der Waals surface area contributed by atoms with Crippen molar-refractivity contribution in [3.05, 3.63) is 0 Å². The number of likely N-dealkylation sites (tertiary alicyclic amines) is 1. The van der Waals surface area contributed by atoms with E-state index in [9.17, 15) is 4.79 Å². The molecule has 0 bridgehead atoms. The molecule has 1 N–H and O–H groups in total. The highest BCUT2D eigenvalue weighted by atomic mass is 16.2. The second-order valence-electron chi connectivity index (χ2n) is 5.51. The maximum Gasteiger partial charge on any atom is 0.222 e. The predicted molar refractivity (Wildman–Crippen MR) is 80.3 cm³/mol. The van der Waals surface area contributed by atoms with Crippen LogP contribution in [0.5, 0.6) is 0 Å². The average Bonchev–Trinajstić information content (AvgIpc) is 2.42. The van der Waals surface area contributed by atoms with Crippen molar-refractivity contribution in [1.29, 1.82) is 0 Å². The van der Waals surface area contributed by atoms with E-state index in [1.807, 2.05) is 25.8 Å². The molecule has 4 nitrogen and oxygen atoms in total. The van der Waals surface area contributed by atoms with Gasteiger partial charge >= 0.3 is 0 Å². The number of hydrogen-bond acceptors (Lipinski definition) is 3. The molecule has 0 unspecified atom stereocenters. The molecule has 0 spiro atoms. The first kappa shape index (κ1) is 16.4. The van der Waals surface area contributed by atoms with E-state index in [4.69, 9.17) is 0 Å². The highest BCUT2D eigenvalue weighted by Gasteiger charge is 2.18. The number of piperidine rings is 1. The normalized spacial score (nSPS) is 17.6. The zero-order valence-corrected chi connectivity index (χ0v) is 13.0. The van der Waals surface area contributed by atoms with Crippen LogP contribution < -0.4 is 5.32 Å². The molecule has 1 aliphatic rings. The quantitative estimate of drug-likeness (QED) is 0.726. The van der Waals surface area contributed by atoms with E-state index in [1.54, 1.807) is 0 Å². The first-order chi connectivity index (χ1) is 9.21. The molecule has 0 aromatic carbocycles. The summed E-state index contributed by atoms with van der Waals surface area (Å²) in [6.45, 7) is 10.4. The molecule has 1 rings (SSSR count). The van der Waals surface area contributed by atoms with Crippen LogP contribution in [0.2, 0.25) is 0 Å². The van der Waals surface area contributed by atoms with Gasteiger partial charge in [-0.25, -0.2) is 0 Å². The Hall–Kier alpha value is -0.610. The summed E-state index contributed by atoms with van der Waals surface area (Å²) in [5.41, 5.74) is 0. The summed E-state index contributed by atoms with van der Waals surface area (Å²) in [7, 11) is 2.03. The number of rotatable bonds is 8. The minimum absolute atomic E-state index is 0.315. The highest BCUT2D eigenvalue weighted by Crippen LogP contribution is 2.16. The van der Waals surface area contributed by atoms with Gasteiger partial charge in [-0.15, -0.1) is 0 Å². The van der Waals surface area contributed by atoms with Crippen molar-refractivity contribution < 1.29 is 4.79 Å². The first-order valence-electron chi connectivity index (χ1n) is 7.85. The SMILES string of the molecule is CCN(CC)C(=O)CCCN1CCC(CNC)CC1. The molecule has 1 saturated heterocycles. The molecule has 1 amide bonds. The minimum Gasteiger partial charge on any atom is -0.343 e. The van der Waals surface area contributed by atoms with Crippen LogP contribution in [0.1, 0.15) is 39.5 Å². The van der Waals surface area contributed by atoms with Crippen LogP contribution in [0.15, 0.2) is 0 Å². The fraction of sp³-hybridized carbons (Fsp3) is 0.933. The number of carbonyl (C=O) groups excluding carboxylic acids is 1. The van der Waals surface area contributed by atoms with Crippen molar-refractivity contribution in [3.63, 3.8) is 0 Å². The summed E-state index contributed by atoms with van der Waals surface area (Å²) >= 11 is 0. The second-order valence-corrected chi connectivity index (χ2v) is 5.51. The Morgan fingerprint density at radius 1 is 1.26 bits per heavy atom. The largest absolute Gasteiger partial charge is 0.343 e. The molecule has 1 heterocycles. The third-order valence-electron chi connectivity index (χ3n) is 4.18. The lowest BCUT2D eigenvalue weighted by Crippen LogP contribution is -2.37. The molecule has 4 heteroatoms. The van der Waals surface area contributed by atoms with E-state index in [1.165, 1.54) is 25.9 Å². The first-order valence-corrected chi connectivity index (χ1v) is 7.85. The summed E-state index contributed by atoms with van der Waals surface area (Å²) < 4.78 is 0. The molecule has 0 aromatic rings. The van der Waals surface area contributed by atoms with Crippen molar-refractivity contribution in [3.8, 4) is 0 Å². The van der Waals surface area contributed by atoms with Crippen molar-refractivity contribution in [2.75, 3.05) is 46.3 Å². The van der Waals surface area contributed by atoms with E-state index in [0.29, 0.717) is 12.3 Å². The van der Waals surface area contributed by atoms with Gasteiger partial charge in [-0.05, 0) is 72.3 Å². The van der Waals surface area contributed by atoms with Crippen LogP contribution in [0, 0.1) is 5.92 Å². The lowest BCUT2D eigenvalue weighted by Gasteiger charge is -2.32. The van der Waals surface area contributed by atoms with Gasteiger partial charge in [0.15, 0.2) is 0 Å². The van der Waals surface area contributed by atoms with Crippen LogP contribution in [0.3, 0.4) is 0 Å². The van der Waals surface area contributed by atoms with Crippen LogP contribution in [0.4, 0.5) is 0 Å². The Morgan fingerprint density at radius 2 is 1.89 bits per heavy atom. The van der Waals surface area contributed by atoms with Gasteiger partial charge in [0.05, 0.1) is 0 Å². The molecule has 0 atom stereocenters. The fourth-order valence-electron chi connectivity index (χ4n) is 2.89. The van der Waals surface area contributed by atoms with E-state index < -0.39 is 0 Å². The maximum atomic E-state index is 11.9. The Morgan fingerprint density at radius 3 is 2.42 bits per heavy atom. The summed E-state index contributed by atoms with van der Waals surface area (Å²) in [5.74, 6) is 1.16.